The highest BCUT2D eigenvalue weighted by atomic mass is 14.2. The first-order valence-electron chi connectivity index (χ1n) is 7.13. The minimum Gasteiger partial charge on any atom is -0.0654 e. The first kappa shape index (κ1) is 15.0. The Bertz CT molecular complexity index is 128. The predicted octanol–water partition coefficient (Wildman–Crippen LogP) is 5.67. The molecule has 0 aliphatic carbocycles. The van der Waals surface area contributed by atoms with E-state index in [4.69, 9.17) is 0 Å². The number of hydrogen-bond donors (Lipinski definition) is 0. The summed E-state index contributed by atoms with van der Waals surface area (Å²) in [6.07, 6.45) is 9.85. The summed E-state index contributed by atoms with van der Waals surface area (Å²) in [6.45, 7) is 11.8. The zero-order valence-electron chi connectivity index (χ0n) is 11.7. The molecule has 0 heteroatoms. The van der Waals surface area contributed by atoms with E-state index in [1.807, 2.05) is 0 Å². The Labute approximate surface area is 97.8 Å². The lowest BCUT2D eigenvalue weighted by molar-refractivity contribution is 0.318. The molecule has 0 radical (unpaired) electrons. The van der Waals surface area contributed by atoms with E-state index in [1.165, 1.54) is 44.9 Å². The van der Waals surface area contributed by atoms with E-state index in [9.17, 15) is 0 Å². The zero-order chi connectivity index (χ0) is 11.7. The summed E-state index contributed by atoms with van der Waals surface area (Å²) < 4.78 is 0. The van der Waals surface area contributed by atoms with Gasteiger partial charge >= 0.3 is 0 Å². The number of rotatable bonds is 9. The fraction of sp³-hybridized carbons (Fsp3) is 1.00. The minimum atomic E-state index is 0.931. The lowest BCUT2D eigenvalue weighted by atomic mass is 9.86. The van der Waals surface area contributed by atoms with Gasteiger partial charge in [-0.3, -0.25) is 0 Å². The van der Waals surface area contributed by atoms with Gasteiger partial charge in [0.15, 0.2) is 0 Å². The van der Waals surface area contributed by atoms with Crippen molar-refractivity contribution in [3.63, 3.8) is 0 Å². The highest BCUT2D eigenvalue weighted by Crippen LogP contribution is 2.25. The molecule has 0 N–H and O–H groups in total. The van der Waals surface area contributed by atoms with Crippen molar-refractivity contribution >= 4 is 0 Å². The molecule has 0 aliphatic rings. The van der Waals surface area contributed by atoms with Gasteiger partial charge in [-0.1, -0.05) is 73.1 Å². The summed E-state index contributed by atoms with van der Waals surface area (Å²) in [5.41, 5.74) is 0. The quantitative estimate of drug-likeness (QED) is 0.462. The van der Waals surface area contributed by atoms with E-state index in [0.29, 0.717) is 0 Å². The molecule has 0 aliphatic heterocycles. The highest BCUT2D eigenvalue weighted by Gasteiger charge is 2.12. The second-order valence-corrected chi connectivity index (χ2v) is 5.49. The molecule has 15 heavy (non-hydrogen) atoms. The lowest BCUT2D eigenvalue weighted by Gasteiger charge is -2.20. The standard InChI is InChI=1S/C15H32/c1-6-9-14(5)12-15(8-3)11-10-13(4)7-2/h13-15H,6-12H2,1-5H3. The van der Waals surface area contributed by atoms with Gasteiger partial charge in [0, 0.05) is 0 Å². The first-order valence-corrected chi connectivity index (χ1v) is 7.13. The minimum absolute atomic E-state index is 0.931. The maximum Gasteiger partial charge on any atom is -0.0414 e. The Balaban J connectivity index is 3.71. The molecule has 0 nitrogen and oxygen atoms in total. The molecule has 0 aromatic heterocycles. The van der Waals surface area contributed by atoms with Crippen LogP contribution < -0.4 is 0 Å². The van der Waals surface area contributed by atoms with Gasteiger partial charge in [-0.2, -0.15) is 0 Å². The molecule has 0 amide bonds. The molecule has 92 valence electrons. The lowest BCUT2D eigenvalue weighted by Crippen LogP contribution is -2.07. The van der Waals surface area contributed by atoms with Gasteiger partial charge in [0.1, 0.15) is 0 Å². The Hall–Kier alpha value is 0. The van der Waals surface area contributed by atoms with Gasteiger partial charge in [0.2, 0.25) is 0 Å². The van der Waals surface area contributed by atoms with E-state index in [0.717, 1.165) is 17.8 Å². The Morgan fingerprint density at radius 2 is 1.40 bits per heavy atom. The average molecular weight is 212 g/mol. The molecule has 0 saturated carbocycles. The molecule has 0 rings (SSSR count). The second-order valence-electron chi connectivity index (χ2n) is 5.49. The molecule has 0 aromatic carbocycles. The summed E-state index contributed by atoms with van der Waals surface area (Å²) in [5.74, 6) is 2.86. The highest BCUT2D eigenvalue weighted by molar-refractivity contribution is 4.64. The largest absolute Gasteiger partial charge is 0.0654 e. The normalized spacial score (nSPS) is 17.4. The second kappa shape index (κ2) is 9.24. The van der Waals surface area contributed by atoms with Crippen molar-refractivity contribution < 1.29 is 0 Å². The summed E-state index contributed by atoms with van der Waals surface area (Å²) in [6, 6.07) is 0. The molecule has 0 saturated heterocycles. The summed E-state index contributed by atoms with van der Waals surface area (Å²) >= 11 is 0. The Kier molecular flexibility index (Phi) is 9.24. The van der Waals surface area contributed by atoms with Crippen LogP contribution in [0.1, 0.15) is 79.6 Å². The molecule has 0 fully saturated rings. The van der Waals surface area contributed by atoms with Crippen LogP contribution in [-0.4, -0.2) is 0 Å². The van der Waals surface area contributed by atoms with E-state index in [1.54, 1.807) is 0 Å². The van der Waals surface area contributed by atoms with E-state index >= 15 is 0 Å². The van der Waals surface area contributed by atoms with Crippen LogP contribution >= 0.6 is 0 Å². The monoisotopic (exact) mass is 212 g/mol. The van der Waals surface area contributed by atoms with Gasteiger partial charge in [0.05, 0.1) is 0 Å². The Morgan fingerprint density at radius 1 is 0.733 bits per heavy atom. The van der Waals surface area contributed by atoms with E-state index in [2.05, 4.69) is 34.6 Å². The van der Waals surface area contributed by atoms with Gasteiger partial charge in [0.25, 0.3) is 0 Å². The average Bonchev–Trinajstić information content (AvgIpc) is 2.23. The van der Waals surface area contributed by atoms with E-state index in [-0.39, 0.29) is 0 Å². The summed E-state index contributed by atoms with van der Waals surface area (Å²) in [7, 11) is 0. The Morgan fingerprint density at radius 3 is 1.87 bits per heavy atom. The van der Waals surface area contributed by atoms with Crippen LogP contribution in [0, 0.1) is 17.8 Å². The predicted molar refractivity (Wildman–Crippen MR) is 71.2 cm³/mol. The third-order valence-corrected chi connectivity index (χ3v) is 3.86. The van der Waals surface area contributed by atoms with Crippen molar-refractivity contribution in [3.05, 3.63) is 0 Å². The molecule has 3 unspecified atom stereocenters. The van der Waals surface area contributed by atoms with Crippen molar-refractivity contribution in [1.82, 2.24) is 0 Å². The van der Waals surface area contributed by atoms with Crippen LogP contribution in [0.4, 0.5) is 0 Å². The van der Waals surface area contributed by atoms with Crippen molar-refractivity contribution in [1.29, 1.82) is 0 Å². The van der Waals surface area contributed by atoms with Gasteiger partial charge in [-0.25, -0.2) is 0 Å². The molecular weight excluding hydrogens is 180 g/mol. The summed E-state index contributed by atoms with van der Waals surface area (Å²) in [4.78, 5) is 0. The van der Waals surface area contributed by atoms with Crippen molar-refractivity contribution in [2.75, 3.05) is 0 Å². The van der Waals surface area contributed by atoms with Crippen LogP contribution in [-0.2, 0) is 0 Å². The molecule has 0 bridgehead atoms. The van der Waals surface area contributed by atoms with Crippen LogP contribution in [0.5, 0.6) is 0 Å². The fourth-order valence-electron chi connectivity index (χ4n) is 2.39. The fourth-order valence-corrected chi connectivity index (χ4v) is 2.39. The van der Waals surface area contributed by atoms with Gasteiger partial charge in [-0.15, -0.1) is 0 Å². The van der Waals surface area contributed by atoms with Crippen molar-refractivity contribution in [3.8, 4) is 0 Å². The summed E-state index contributed by atoms with van der Waals surface area (Å²) in [5, 5.41) is 0. The zero-order valence-corrected chi connectivity index (χ0v) is 11.7. The third-order valence-electron chi connectivity index (χ3n) is 3.86. The topological polar surface area (TPSA) is 0 Å². The van der Waals surface area contributed by atoms with E-state index < -0.39 is 0 Å². The molecule has 0 spiro atoms. The van der Waals surface area contributed by atoms with Crippen LogP contribution in [0.15, 0.2) is 0 Å². The van der Waals surface area contributed by atoms with Crippen molar-refractivity contribution in [2.45, 2.75) is 79.6 Å². The molecule has 0 heterocycles. The number of hydrogen-bond acceptors (Lipinski definition) is 0. The van der Waals surface area contributed by atoms with Gasteiger partial charge in [-0.05, 0) is 24.2 Å². The molecular formula is C15H32. The third kappa shape index (κ3) is 7.88. The van der Waals surface area contributed by atoms with Crippen LogP contribution in [0.25, 0.3) is 0 Å². The van der Waals surface area contributed by atoms with Crippen LogP contribution in [0.2, 0.25) is 0 Å². The van der Waals surface area contributed by atoms with Gasteiger partial charge < -0.3 is 0 Å². The first-order chi connectivity index (χ1) is 7.13. The maximum absolute atomic E-state index is 2.43. The molecule has 0 aromatic rings. The van der Waals surface area contributed by atoms with Crippen LogP contribution in [0.3, 0.4) is 0 Å². The van der Waals surface area contributed by atoms with Crippen molar-refractivity contribution in [2.24, 2.45) is 17.8 Å². The molecule has 3 atom stereocenters. The SMILES string of the molecule is CCCC(C)CC(CC)CCC(C)CC. The smallest absolute Gasteiger partial charge is 0.0414 e. The maximum atomic E-state index is 2.43.